The lowest BCUT2D eigenvalue weighted by Crippen LogP contribution is -2.36. The zero-order valence-electron chi connectivity index (χ0n) is 28.2. The summed E-state index contributed by atoms with van der Waals surface area (Å²) in [6.07, 6.45) is -4.42. The number of nitrogens with zero attached hydrogens (tertiary/aromatic N) is 4. The van der Waals surface area contributed by atoms with Gasteiger partial charge in [0.25, 0.3) is 11.5 Å². The molecule has 0 aliphatic heterocycles. The Morgan fingerprint density at radius 1 is 1.11 bits per heavy atom. The highest BCUT2D eigenvalue weighted by molar-refractivity contribution is 5.93. The third-order valence-electron chi connectivity index (χ3n) is 9.56. The third-order valence-corrected chi connectivity index (χ3v) is 9.56. The zero-order valence-corrected chi connectivity index (χ0v) is 28.2. The van der Waals surface area contributed by atoms with Crippen LogP contribution >= 0.6 is 0 Å². The molecular weight excluding hydrogens is 709 g/mol. The molecule has 9 nitrogen and oxygen atoms in total. The monoisotopic (exact) mass is 738 g/mol. The predicted octanol–water partition coefficient (Wildman–Crippen LogP) is 6.30. The average molecular weight is 739 g/mol. The van der Waals surface area contributed by atoms with Crippen molar-refractivity contribution in [2.24, 2.45) is 5.41 Å². The second kappa shape index (κ2) is 12.3. The highest BCUT2D eigenvalue weighted by atomic mass is 19.4. The Bertz CT molecular complexity index is 2420. The second-order valence-corrected chi connectivity index (χ2v) is 14.0. The number of benzene rings is 2. The van der Waals surface area contributed by atoms with Crippen LogP contribution in [0.4, 0.5) is 30.7 Å². The van der Waals surface area contributed by atoms with Gasteiger partial charge in [-0.05, 0) is 68.5 Å². The first-order valence-electron chi connectivity index (χ1n) is 16.3. The van der Waals surface area contributed by atoms with E-state index in [0.717, 1.165) is 12.1 Å². The van der Waals surface area contributed by atoms with Gasteiger partial charge in [0, 0.05) is 34.1 Å². The van der Waals surface area contributed by atoms with Crippen molar-refractivity contribution in [2.75, 3.05) is 0 Å². The predicted molar refractivity (Wildman–Crippen MR) is 176 cm³/mol. The van der Waals surface area contributed by atoms with Gasteiger partial charge in [-0.25, -0.2) is 18.7 Å². The Morgan fingerprint density at radius 3 is 2.51 bits per heavy atom. The van der Waals surface area contributed by atoms with Crippen molar-refractivity contribution in [2.45, 2.75) is 69.8 Å². The van der Waals surface area contributed by atoms with Gasteiger partial charge in [-0.1, -0.05) is 25.0 Å². The van der Waals surface area contributed by atoms with Gasteiger partial charge in [-0.3, -0.25) is 14.3 Å². The van der Waals surface area contributed by atoms with Crippen molar-refractivity contribution in [1.82, 2.24) is 30.0 Å². The number of carbonyl (C=O) groups is 1. The van der Waals surface area contributed by atoms with E-state index in [-0.39, 0.29) is 46.3 Å². The van der Waals surface area contributed by atoms with Gasteiger partial charge >= 0.3 is 6.18 Å². The molecule has 0 saturated heterocycles. The first kappa shape index (κ1) is 35.8. The number of alkyl halides is 5. The number of H-pyrrole nitrogens is 1. The number of halogens is 7. The maximum atomic E-state index is 15.7. The highest BCUT2D eigenvalue weighted by Crippen LogP contribution is 2.77. The molecule has 2 aliphatic carbocycles. The van der Waals surface area contributed by atoms with E-state index < -0.39 is 81.7 Å². The highest BCUT2D eigenvalue weighted by Gasteiger charge is 2.76. The zero-order chi connectivity index (χ0) is 38.2. The summed E-state index contributed by atoms with van der Waals surface area (Å²) in [4.78, 5) is 37.9. The molecule has 0 spiro atoms. The van der Waals surface area contributed by atoms with Crippen LogP contribution in [0.25, 0.3) is 22.0 Å². The van der Waals surface area contributed by atoms with Crippen molar-refractivity contribution < 1.29 is 40.6 Å². The minimum Gasteiger partial charge on any atom is -0.378 e. The topological polar surface area (TPSA) is 126 Å². The molecule has 2 aliphatic rings. The van der Waals surface area contributed by atoms with Crippen LogP contribution in [0.3, 0.4) is 0 Å². The van der Waals surface area contributed by atoms with Crippen molar-refractivity contribution in [3.8, 4) is 23.0 Å². The van der Waals surface area contributed by atoms with Crippen LogP contribution in [-0.4, -0.2) is 41.3 Å². The molecule has 0 radical (unpaired) electrons. The van der Waals surface area contributed by atoms with Gasteiger partial charge in [0.1, 0.15) is 35.2 Å². The summed E-state index contributed by atoms with van der Waals surface area (Å²) in [5, 5.41) is 16.5. The van der Waals surface area contributed by atoms with Crippen molar-refractivity contribution in [3.05, 3.63) is 111 Å². The summed E-state index contributed by atoms with van der Waals surface area (Å²) in [6.45, 7) is 2.98. The first-order valence-corrected chi connectivity index (χ1v) is 16.3. The van der Waals surface area contributed by atoms with Crippen LogP contribution < -0.4 is 10.9 Å². The Morgan fingerprint density at radius 2 is 1.83 bits per heavy atom. The fourth-order valence-corrected chi connectivity index (χ4v) is 6.99. The number of aliphatic hydroxyl groups is 1. The molecule has 1 amide bonds. The average Bonchev–Trinajstić information content (AvgIpc) is 3.54. The Hall–Kier alpha value is -5.56. The molecule has 274 valence electrons. The number of hydrogen-bond donors (Lipinski definition) is 3. The largest absolute Gasteiger partial charge is 0.435 e. The fourth-order valence-electron chi connectivity index (χ4n) is 6.99. The van der Waals surface area contributed by atoms with Crippen LogP contribution in [0.15, 0.2) is 59.7 Å². The number of nitrogens with one attached hydrogen (secondary N) is 2. The lowest BCUT2D eigenvalue weighted by Gasteiger charge is -2.24. The van der Waals surface area contributed by atoms with E-state index in [1.165, 1.54) is 39.2 Å². The van der Waals surface area contributed by atoms with Gasteiger partial charge in [0.15, 0.2) is 5.69 Å². The third kappa shape index (κ3) is 6.43. The smallest absolute Gasteiger partial charge is 0.378 e. The minimum absolute atomic E-state index is 0.0147. The minimum atomic E-state index is -5.07. The molecular formula is C37H29F7N6O3. The molecule has 1 saturated carbocycles. The molecule has 53 heavy (non-hydrogen) atoms. The van der Waals surface area contributed by atoms with Crippen LogP contribution in [0.1, 0.15) is 73.1 Å². The van der Waals surface area contributed by atoms with Crippen LogP contribution in [0.5, 0.6) is 0 Å². The van der Waals surface area contributed by atoms with Crippen LogP contribution in [-0.2, 0) is 29.9 Å². The van der Waals surface area contributed by atoms with Gasteiger partial charge < -0.3 is 15.4 Å². The fraction of sp³-hybridized carbons (Fsp3) is 0.324. The normalized spacial score (nSPS) is 19.3. The van der Waals surface area contributed by atoms with E-state index in [1.54, 1.807) is 18.2 Å². The maximum Gasteiger partial charge on any atom is 0.435 e. The molecule has 3 heterocycles. The summed E-state index contributed by atoms with van der Waals surface area (Å²) < 4.78 is 103. The maximum absolute atomic E-state index is 15.7. The summed E-state index contributed by atoms with van der Waals surface area (Å²) >= 11 is 0. The molecule has 0 unspecified atom stereocenters. The molecule has 0 bridgehead atoms. The number of hydrogen-bond acceptors (Lipinski definition) is 6. The molecule has 3 atom stereocenters. The van der Waals surface area contributed by atoms with Gasteiger partial charge in [-0.15, -0.1) is 0 Å². The molecule has 7 rings (SSSR count). The quantitative estimate of drug-likeness (QED) is 0.133. The summed E-state index contributed by atoms with van der Waals surface area (Å²) in [7, 11) is 0. The van der Waals surface area contributed by atoms with E-state index in [0.29, 0.717) is 16.3 Å². The number of fused-ring (bicyclic) bond motifs is 4. The van der Waals surface area contributed by atoms with Gasteiger partial charge in [0.05, 0.1) is 29.0 Å². The van der Waals surface area contributed by atoms with E-state index in [2.05, 4.69) is 37.2 Å². The van der Waals surface area contributed by atoms with E-state index >= 15 is 8.78 Å². The van der Waals surface area contributed by atoms with E-state index in [9.17, 15) is 36.6 Å². The van der Waals surface area contributed by atoms with E-state index in [4.69, 9.17) is 0 Å². The number of amides is 1. The molecule has 1 fully saturated rings. The number of aromatic amines is 1. The van der Waals surface area contributed by atoms with Crippen molar-refractivity contribution >= 4 is 16.8 Å². The number of aromatic nitrogens is 5. The van der Waals surface area contributed by atoms with Crippen molar-refractivity contribution in [1.29, 1.82) is 0 Å². The Balaban J connectivity index is 1.36. The summed E-state index contributed by atoms with van der Waals surface area (Å²) in [5.74, 6) is -2.41. The number of para-hydroxylation sites is 1. The molecule has 2 aromatic carbocycles. The Kier molecular flexibility index (Phi) is 8.29. The molecule has 16 heteroatoms. The number of pyridine rings is 1. The van der Waals surface area contributed by atoms with Gasteiger partial charge in [-0.2, -0.15) is 27.1 Å². The van der Waals surface area contributed by atoms with E-state index in [1.807, 2.05) is 0 Å². The summed E-state index contributed by atoms with van der Waals surface area (Å²) in [6, 6.07) is 9.03. The molecule has 5 aromatic rings. The van der Waals surface area contributed by atoms with Gasteiger partial charge in [0.2, 0.25) is 5.91 Å². The lowest BCUT2D eigenvalue weighted by molar-refractivity contribution is -0.142. The standard InChI is InChI=1S/C37H29F7N6O3/c1-34(2,53)10-9-21-7-8-23(22-5-4-6-24-29(22)45-17-46-33(24)52)30(47-21)26(13-18-11-19(38)14-20(39)12-18)48-27(51)16-50-32-28(31(49-50)37(42,43)44)25-15-35(25,3)36(32,40)41/h4-8,11-12,14,17,25-26,53H,13,15-16H2,1-3H3,(H,48,51)(H,45,46,52)/t25-,26+,35-/m1/s1. The Labute approximate surface area is 296 Å². The van der Waals surface area contributed by atoms with Crippen LogP contribution in [0, 0.1) is 28.9 Å². The first-order chi connectivity index (χ1) is 24.8. The molecule has 3 aromatic heterocycles. The number of rotatable bonds is 7. The lowest BCUT2D eigenvalue weighted by atomic mass is 9.93. The molecule has 3 N–H and O–H groups in total. The summed E-state index contributed by atoms with van der Waals surface area (Å²) in [5.41, 5.74) is -5.83. The SMILES string of the molecule is CC(C)(O)C#Cc1ccc(-c2cccc3c(=O)[nH]cnc23)c([C@H](Cc2cc(F)cc(F)c2)NC(=O)Cn2nc(C(F)(F)F)c3c2C(F)(F)[C@]2(C)C[C@H]32)n1. The number of carbonyl (C=O) groups excluding carboxylic acids is 1. The van der Waals surface area contributed by atoms with Crippen LogP contribution in [0.2, 0.25) is 0 Å². The van der Waals surface area contributed by atoms with Crippen molar-refractivity contribution in [3.63, 3.8) is 0 Å². The second-order valence-electron chi connectivity index (χ2n) is 14.0.